The Morgan fingerprint density at radius 3 is 1.79 bits per heavy atom. The van der Waals surface area contributed by atoms with Crippen LogP contribution in [0, 0.1) is 6.92 Å². The average molecular weight is 807 g/mol. The van der Waals surface area contributed by atoms with Gasteiger partial charge in [0, 0.05) is 43.9 Å². The highest BCUT2D eigenvalue weighted by Crippen LogP contribution is 2.42. The van der Waals surface area contributed by atoms with Crippen LogP contribution in [0.3, 0.4) is 0 Å². The number of aryl methyl sites for hydroxylation is 1. The van der Waals surface area contributed by atoms with Gasteiger partial charge in [-0.15, -0.1) is 0 Å². The number of aromatic nitrogens is 4. The summed E-state index contributed by atoms with van der Waals surface area (Å²) in [5.74, 6) is 1.76. The van der Waals surface area contributed by atoms with E-state index in [1.807, 2.05) is 6.07 Å². The summed E-state index contributed by atoms with van der Waals surface area (Å²) in [6, 6.07) is 74.4. The Labute approximate surface area is 364 Å². The van der Waals surface area contributed by atoms with Gasteiger partial charge in [0.1, 0.15) is 11.2 Å². The number of nitrogens with zero attached hydrogens (tertiary/aromatic N) is 4. The van der Waals surface area contributed by atoms with Crippen molar-refractivity contribution in [2.45, 2.75) is 6.92 Å². The summed E-state index contributed by atoms with van der Waals surface area (Å²) >= 11 is 0. The van der Waals surface area contributed by atoms with Gasteiger partial charge in [0.15, 0.2) is 17.5 Å². The summed E-state index contributed by atoms with van der Waals surface area (Å²) in [7, 11) is 0. The van der Waals surface area contributed by atoms with Gasteiger partial charge in [0.2, 0.25) is 0 Å². The molecule has 0 amide bonds. The van der Waals surface area contributed by atoms with Gasteiger partial charge >= 0.3 is 0 Å². The van der Waals surface area contributed by atoms with E-state index in [0.717, 1.165) is 88.4 Å². The smallest absolute Gasteiger partial charge is 0.164 e. The highest BCUT2D eigenvalue weighted by molar-refractivity contribution is 6.16. The van der Waals surface area contributed by atoms with Crippen molar-refractivity contribution in [2.75, 3.05) is 0 Å². The standard InChI is InChI=1S/C58H38N4O/c1-37-16-12-20-40(34-37)44-24-8-9-25-46(44)57-59-56(60-58(61-57)49-28-14-30-51-54(49)47-26-10-11-29-50(47)62(51)43-22-6-3-7-23-43)42-32-33-48-53(36-42)63-52-31-15-27-45(55(48)52)41-21-13-19-39(35-41)38-17-4-2-5-18-38/h2-36H,1H3. The third-order valence-electron chi connectivity index (χ3n) is 12.1. The zero-order valence-corrected chi connectivity index (χ0v) is 34.4. The van der Waals surface area contributed by atoms with E-state index in [2.05, 4.69) is 218 Å². The largest absolute Gasteiger partial charge is 0.456 e. The first kappa shape index (κ1) is 36.4. The molecule has 3 heterocycles. The fraction of sp³-hybridized carbons (Fsp3) is 0.0172. The van der Waals surface area contributed by atoms with E-state index in [-0.39, 0.29) is 0 Å². The molecule has 12 rings (SSSR count). The van der Waals surface area contributed by atoms with Crippen LogP contribution in [0.15, 0.2) is 217 Å². The highest BCUT2D eigenvalue weighted by Gasteiger charge is 2.22. The van der Waals surface area contributed by atoms with Gasteiger partial charge in [0.05, 0.1) is 11.0 Å². The van der Waals surface area contributed by atoms with E-state index in [0.29, 0.717) is 17.5 Å². The van der Waals surface area contributed by atoms with Gasteiger partial charge in [-0.25, -0.2) is 15.0 Å². The molecular formula is C58H38N4O. The van der Waals surface area contributed by atoms with Crippen LogP contribution in [0.2, 0.25) is 0 Å². The zero-order valence-electron chi connectivity index (χ0n) is 34.4. The lowest BCUT2D eigenvalue weighted by Gasteiger charge is -2.13. The van der Waals surface area contributed by atoms with Crippen LogP contribution in [0.25, 0.3) is 117 Å². The number of hydrogen-bond donors (Lipinski definition) is 0. The van der Waals surface area contributed by atoms with Crippen LogP contribution in [-0.2, 0) is 0 Å². The first-order valence-corrected chi connectivity index (χ1v) is 21.3. The summed E-state index contributed by atoms with van der Waals surface area (Å²) < 4.78 is 9.01. The van der Waals surface area contributed by atoms with Crippen molar-refractivity contribution in [3.05, 3.63) is 218 Å². The van der Waals surface area contributed by atoms with Crippen LogP contribution in [0.5, 0.6) is 0 Å². The average Bonchev–Trinajstić information content (AvgIpc) is 3.90. The molecule has 0 saturated heterocycles. The van der Waals surface area contributed by atoms with Crippen molar-refractivity contribution in [3.63, 3.8) is 0 Å². The van der Waals surface area contributed by atoms with Crippen molar-refractivity contribution in [1.82, 2.24) is 19.5 Å². The third-order valence-corrected chi connectivity index (χ3v) is 12.1. The molecule has 63 heavy (non-hydrogen) atoms. The molecule has 12 aromatic rings. The lowest BCUT2D eigenvalue weighted by atomic mass is 9.95. The van der Waals surface area contributed by atoms with Crippen molar-refractivity contribution in [3.8, 4) is 73.2 Å². The fourth-order valence-electron chi connectivity index (χ4n) is 9.25. The maximum atomic E-state index is 6.69. The molecule has 0 unspecified atom stereocenters. The van der Waals surface area contributed by atoms with E-state index >= 15 is 0 Å². The number of hydrogen-bond acceptors (Lipinski definition) is 4. The maximum absolute atomic E-state index is 6.69. The Balaban J connectivity index is 1.07. The van der Waals surface area contributed by atoms with Gasteiger partial charge in [-0.2, -0.15) is 0 Å². The molecule has 0 aliphatic rings. The SMILES string of the molecule is Cc1cccc(-c2ccccc2-c2nc(-c3ccc4c(c3)oc3cccc(-c5cccc(-c6ccccc6)c5)c34)nc(-c3cccc4c3c3ccccc3n4-c3ccccc3)n2)c1. The molecule has 0 aliphatic carbocycles. The molecule has 9 aromatic carbocycles. The van der Waals surface area contributed by atoms with Crippen molar-refractivity contribution in [2.24, 2.45) is 0 Å². The third kappa shape index (κ3) is 6.29. The topological polar surface area (TPSA) is 56.7 Å². The van der Waals surface area contributed by atoms with Crippen molar-refractivity contribution >= 4 is 43.7 Å². The second-order valence-electron chi connectivity index (χ2n) is 16.0. The molecule has 0 bridgehead atoms. The number of para-hydroxylation sites is 2. The lowest BCUT2D eigenvalue weighted by molar-refractivity contribution is 0.669. The van der Waals surface area contributed by atoms with Gasteiger partial charge < -0.3 is 8.98 Å². The number of furan rings is 1. The molecule has 5 nitrogen and oxygen atoms in total. The predicted molar refractivity (Wildman–Crippen MR) is 259 cm³/mol. The molecular weight excluding hydrogens is 769 g/mol. The quantitative estimate of drug-likeness (QED) is 0.161. The summed E-state index contributed by atoms with van der Waals surface area (Å²) in [6.45, 7) is 2.12. The summed E-state index contributed by atoms with van der Waals surface area (Å²) in [5.41, 5.74) is 15.6. The summed E-state index contributed by atoms with van der Waals surface area (Å²) in [5, 5.41) is 4.33. The van der Waals surface area contributed by atoms with E-state index in [1.54, 1.807) is 0 Å². The van der Waals surface area contributed by atoms with Crippen molar-refractivity contribution in [1.29, 1.82) is 0 Å². The minimum absolute atomic E-state index is 0.566. The Morgan fingerprint density at radius 2 is 0.952 bits per heavy atom. The molecule has 5 heteroatoms. The van der Waals surface area contributed by atoms with E-state index < -0.39 is 0 Å². The molecule has 0 spiro atoms. The Hall–Kier alpha value is -8.41. The van der Waals surface area contributed by atoms with Crippen molar-refractivity contribution < 1.29 is 4.42 Å². The number of rotatable bonds is 7. The van der Waals surface area contributed by atoms with Gasteiger partial charge in [-0.05, 0) is 88.8 Å². The lowest BCUT2D eigenvalue weighted by Crippen LogP contribution is -2.01. The molecule has 0 saturated carbocycles. The molecule has 0 radical (unpaired) electrons. The maximum Gasteiger partial charge on any atom is 0.164 e. The zero-order chi connectivity index (χ0) is 41.9. The normalized spacial score (nSPS) is 11.6. The summed E-state index contributed by atoms with van der Waals surface area (Å²) in [6.07, 6.45) is 0. The second-order valence-corrected chi connectivity index (χ2v) is 16.0. The molecule has 0 fully saturated rings. The minimum atomic E-state index is 0.566. The first-order chi connectivity index (χ1) is 31.1. The van der Waals surface area contributed by atoms with Gasteiger partial charge in [-0.1, -0.05) is 169 Å². The van der Waals surface area contributed by atoms with E-state index in [1.165, 1.54) is 16.7 Å². The van der Waals surface area contributed by atoms with Crippen LogP contribution in [0.1, 0.15) is 5.56 Å². The predicted octanol–water partition coefficient (Wildman–Crippen LogP) is 15.2. The molecule has 3 aromatic heterocycles. The monoisotopic (exact) mass is 806 g/mol. The Morgan fingerprint density at radius 1 is 0.349 bits per heavy atom. The molecule has 0 N–H and O–H groups in total. The van der Waals surface area contributed by atoms with Crippen LogP contribution < -0.4 is 0 Å². The van der Waals surface area contributed by atoms with Crippen LogP contribution in [-0.4, -0.2) is 19.5 Å². The first-order valence-electron chi connectivity index (χ1n) is 21.3. The van der Waals surface area contributed by atoms with Gasteiger partial charge in [0.25, 0.3) is 0 Å². The molecule has 296 valence electrons. The van der Waals surface area contributed by atoms with Crippen LogP contribution >= 0.6 is 0 Å². The number of benzene rings is 9. The van der Waals surface area contributed by atoms with E-state index in [9.17, 15) is 0 Å². The molecule has 0 aliphatic heterocycles. The highest BCUT2D eigenvalue weighted by atomic mass is 16.3. The Bertz CT molecular complexity index is 3700. The Kier molecular flexibility index (Phi) is 8.64. The summed E-state index contributed by atoms with van der Waals surface area (Å²) in [4.78, 5) is 16.0. The second kappa shape index (κ2) is 14.9. The van der Waals surface area contributed by atoms with Crippen LogP contribution in [0.4, 0.5) is 0 Å². The van der Waals surface area contributed by atoms with E-state index in [4.69, 9.17) is 19.4 Å². The molecule has 0 atom stereocenters. The van der Waals surface area contributed by atoms with Gasteiger partial charge in [-0.3, -0.25) is 0 Å². The fourth-order valence-corrected chi connectivity index (χ4v) is 9.25. The number of fused-ring (bicyclic) bond motifs is 6. The minimum Gasteiger partial charge on any atom is -0.456 e.